The first kappa shape index (κ1) is 33.3. The zero-order valence-electron chi connectivity index (χ0n) is 26.2. The van der Waals surface area contributed by atoms with Crippen molar-refractivity contribution < 1.29 is 33.3 Å². The van der Waals surface area contributed by atoms with Crippen LogP contribution in [-0.2, 0) is 42.4 Å². The van der Waals surface area contributed by atoms with E-state index in [1.807, 2.05) is 96.7 Å². The third kappa shape index (κ3) is 7.15. The number of carbonyl (C=O) groups is 4. The smallest absolute Gasteiger partial charge is 0.356 e. The molecule has 1 fully saturated rings. The van der Waals surface area contributed by atoms with Crippen molar-refractivity contribution in [1.82, 2.24) is 15.2 Å². The molecule has 2 aliphatic rings. The molecule has 2 atom stereocenters. The number of nitrogens with zero attached hydrogens (tertiary/aromatic N) is 4. The molecule has 4 heterocycles. The number of hydrogen-bond donors (Lipinski definition) is 2. The number of hydrogen-bond acceptors (Lipinski definition) is 10. The number of pyridine rings is 1. The molecule has 3 amide bonds. The second kappa shape index (κ2) is 15.1. The number of thiazole rings is 1. The van der Waals surface area contributed by atoms with E-state index in [2.05, 4.69) is 27.4 Å². The lowest BCUT2D eigenvalue weighted by atomic mass is 10.0. The standard InChI is InChI=1S/C35H30N6O6S2/c1-3-22-19-48-33-28(32(44)41(33)29(22)34(45)47-30(23-12-6-4-7-13-23)24-14-8-5-9-15-24)38-31(43)27(26-20-49-35(37-26)36-21-42)39-46-18-25-16-10-11-17-40(25)2/h3-17,20-21,28,30,33H,1,18-19H2,2H3,(H-,36,37,38,42,43)/p+1/t28?,33-/m1/s1. The van der Waals surface area contributed by atoms with Crippen molar-refractivity contribution >= 4 is 58.1 Å². The zero-order valence-corrected chi connectivity index (χ0v) is 27.9. The van der Waals surface area contributed by atoms with Gasteiger partial charge in [-0.25, -0.2) is 14.3 Å². The maximum Gasteiger partial charge on any atom is 0.356 e. The Labute approximate surface area is 290 Å². The predicted molar refractivity (Wildman–Crippen MR) is 184 cm³/mol. The average molecular weight is 696 g/mol. The molecule has 0 saturated carbocycles. The van der Waals surface area contributed by atoms with Gasteiger partial charge in [0, 0.05) is 23.3 Å². The molecule has 2 aromatic heterocycles. The molecule has 1 unspecified atom stereocenters. The van der Waals surface area contributed by atoms with Crippen LogP contribution in [0.15, 0.2) is 120 Å². The average Bonchev–Trinajstić information content (AvgIpc) is 3.60. The lowest BCUT2D eigenvalue weighted by molar-refractivity contribution is -0.681. The maximum atomic E-state index is 13.9. The predicted octanol–water partition coefficient (Wildman–Crippen LogP) is 3.63. The molecule has 248 valence electrons. The van der Waals surface area contributed by atoms with Gasteiger partial charge in [-0.15, -0.1) is 23.1 Å². The van der Waals surface area contributed by atoms with Crippen LogP contribution in [0.25, 0.3) is 0 Å². The fraction of sp³-hybridized carbons (Fsp3) is 0.171. The van der Waals surface area contributed by atoms with Gasteiger partial charge in [-0.1, -0.05) is 78.5 Å². The largest absolute Gasteiger partial charge is 0.448 e. The number of nitrogens with one attached hydrogen (secondary N) is 2. The number of aromatic nitrogens is 2. The third-order valence-electron chi connectivity index (χ3n) is 7.83. The van der Waals surface area contributed by atoms with E-state index >= 15 is 0 Å². The molecule has 4 aromatic rings. The van der Waals surface area contributed by atoms with Gasteiger partial charge >= 0.3 is 5.97 Å². The van der Waals surface area contributed by atoms with E-state index in [1.165, 1.54) is 16.7 Å². The van der Waals surface area contributed by atoms with E-state index in [0.717, 1.165) is 28.2 Å². The van der Waals surface area contributed by atoms with Crippen LogP contribution in [0.2, 0.25) is 0 Å². The summed E-state index contributed by atoms with van der Waals surface area (Å²) in [6.07, 6.45) is 3.15. The Kier molecular flexibility index (Phi) is 10.3. The van der Waals surface area contributed by atoms with Crippen LogP contribution in [0.1, 0.15) is 28.6 Å². The number of esters is 1. The van der Waals surface area contributed by atoms with E-state index in [1.54, 1.807) is 11.5 Å². The molecule has 2 N–H and O–H groups in total. The normalized spacial score (nSPS) is 17.1. The van der Waals surface area contributed by atoms with Crippen LogP contribution in [0.3, 0.4) is 0 Å². The van der Waals surface area contributed by atoms with Gasteiger partial charge in [-0.05, 0) is 22.8 Å². The summed E-state index contributed by atoms with van der Waals surface area (Å²) in [7, 11) is 1.85. The lowest BCUT2D eigenvalue weighted by Crippen LogP contribution is -2.71. The number of benzene rings is 2. The second-order valence-electron chi connectivity index (χ2n) is 10.9. The van der Waals surface area contributed by atoms with Crippen molar-refractivity contribution in [2.45, 2.75) is 24.1 Å². The molecule has 14 heteroatoms. The van der Waals surface area contributed by atoms with Gasteiger partial charge in [0.2, 0.25) is 18.7 Å². The summed E-state index contributed by atoms with van der Waals surface area (Å²) in [6, 6.07) is 23.3. The number of fused-ring (bicyclic) bond motifs is 1. The quantitative estimate of drug-likeness (QED) is 0.0540. The van der Waals surface area contributed by atoms with Crippen LogP contribution >= 0.6 is 23.1 Å². The van der Waals surface area contributed by atoms with Gasteiger partial charge in [-0.2, -0.15) is 0 Å². The molecule has 6 rings (SSSR count). The number of rotatable bonds is 13. The number of β-lactam (4-membered cyclic amide) rings is 1. The van der Waals surface area contributed by atoms with E-state index in [4.69, 9.17) is 9.57 Å². The van der Waals surface area contributed by atoms with Crippen LogP contribution in [0.4, 0.5) is 5.13 Å². The molecule has 49 heavy (non-hydrogen) atoms. The Morgan fingerprint density at radius 2 is 1.80 bits per heavy atom. The summed E-state index contributed by atoms with van der Waals surface area (Å²) in [5.74, 6) is -1.53. The van der Waals surface area contributed by atoms with E-state index in [9.17, 15) is 19.2 Å². The first-order valence-electron chi connectivity index (χ1n) is 15.1. The number of allylic oxidation sites excluding steroid dienone is 1. The molecule has 0 aliphatic carbocycles. The fourth-order valence-electron chi connectivity index (χ4n) is 5.32. The summed E-state index contributed by atoms with van der Waals surface area (Å²) in [4.78, 5) is 63.4. The third-order valence-corrected chi connectivity index (χ3v) is 9.90. The Bertz CT molecular complexity index is 1910. The van der Waals surface area contributed by atoms with Gasteiger partial charge in [0.15, 0.2) is 23.1 Å². The monoisotopic (exact) mass is 695 g/mol. The minimum absolute atomic E-state index is 0.0554. The van der Waals surface area contributed by atoms with Gasteiger partial charge in [-0.3, -0.25) is 19.3 Å². The number of ether oxygens (including phenoxy) is 1. The molecule has 2 aromatic carbocycles. The van der Waals surface area contributed by atoms with Crippen molar-refractivity contribution in [3.8, 4) is 0 Å². The Hall–Kier alpha value is -5.60. The first-order chi connectivity index (χ1) is 23.9. The van der Waals surface area contributed by atoms with Crippen molar-refractivity contribution in [3.05, 3.63) is 137 Å². The van der Waals surface area contributed by atoms with Crippen LogP contribution in [-0.4, -0.2) is 57.0 Å². The zero-order chi connectivity index (χ0) is 34.3. The van der Waals surface area contributed by atoms with Crippen molar-refractivity contribution in [2.75, 3.05) is 11.1 Å². The molecule has 12 nitrogen and oxygen atoms in total. The van der Waals surface area contributed by atoms with E-state index in [-0.39, 0.29) is 28.8 Å². The number of thioether (sulfide) groups is 1. The highest BCUT2D eigenvalue weighted by Gasteiger charge is 2.54. The molecule has 0 bridgehead atoms. The van der Waals surface area contributed by atoms with Gasteiger partial charge in [0.25, 0.3) is 11.8 Å². The molecule has 2 aliphatic heterocycles. The summed E-state index contributed by atoms with van der Waals surface area (Å²) in [6.45, 7) is 3.92. The molecule has 0 radical (unpaired) electrons. The van der Waals surface area contributed by atoms with Gasteiger partial charge < -0.3 is 20.2 Å². The van der Waals surface area contributed by atoms with Crippen LogP contribution in [0, 0.1) is 0 Å². The minimum atomic E-state index is -0.978. The molecular formula is C35H31N6O6S2+. The number of oxime groups is 1. The van der Waals surface area contributed by atoms with Crippen molar-refractivity contribution in [2.24, 2.45) is 12.2 Å². The van der Waals surface area contributed by atoms with Crippen molar-refractivity contribution in [3.63, 3.8) is 0 Å². The van der Waals surface area contributed by atoms with E-state index < -0.39 is 35.3 Å². The summed E-state index contributed by atoms with van der Waals surface area (Å²) < 4.78 is 7.96. The Morgan fingerprint density at radius 1 is 1.10 bits per heavy atom. The summed E-state index contributed by atoms with van der Waals surface area (Å²) in [5.41, 5.74) is 2.93. The summed E-state index contributed by atoms with van der Waals surface area (Å²) >= 11 is 2.48. The summed E-state index contributed by atoms with van der Waals surface area (Å²) in [5, 5.41) is 10.5. The Balaban J connectivity index is 1.22. The second-order valence-corrected chi connectivity index (χ2v) is 12.8. The van der Waals surface area contributed by atoms with Gasteiger partial charge in [0.05, 0.1) is 0 Å². The van der Waals surface area contributed by atoms with E-state index in [0.29, 0.717) is 17.7 Å². The number of amides is 3. The molecular weight excluding hydrogens is 665 g/mol. The van der Waals surface area contributed by atoms with Crippen molar-refractivity contribution in [1.29, 1.82) is 0 Å². The maximum absolute atomic E-state index is 13.9. The SMILES string of the molecule is C=CC1=C(C(=O)OC(c2ccccc2)c2ccccc2)N2C(=O)C(NC(=O)C(=NOCc3cccc[n+]3C)c3csc(NC=O)n3)[C@H]2SC1. The molecule has 1 saturated heterocycles. The highest BCUT2D eigenvalue weighted by molar-refractivity contribution is 8.00. The van der Waals surface area contributed by atoms with Crippen LogP contribution < -0.4 is 15.2 Å². The molecule has 0 spiro atoms. The topological polar surface area (TPSA) is 143 Å². The number of anilines is 1. The minimum Gasteiger partial charge on any atom is -0.448 e. The Morgan fingerprint density at radius 3 is 2.45 bits per heavy atom. The lowest BCUT2D eigenvalue weighted by Gasteiger charge is -2.49. The highest BCUT2D eigenvalue weighted by Crippen LogP contribution is 2.42. The fourth-order valence-corrected chi connectivity index (χ4v) is 7.32. The van der Waals surface area contributed by atoms with Crippen LogP contribution in [0.5, 0.6) is 0 Å². The number of aryl methyl sites for hydroxylation is 1. The first-order valence-corrected chi connectivity index (χ1v) is 17.0. The number of carbonyl (C=O) groups excluding carboxylic acids is 4. The van der Waals surface area contributed by atoms with Gasteiger partial charge in [0.1, 0.15) is 29.9 Å². The highest BCUT2D eigenvalue weighted by atomic mass is 32.2.